The monoisotopic (exact) mass is 505 g/mol. The average molecular weight is 506 g/mol. The van der Waals surface area contributed by atoms with Crippen LogP contribution in [0.4, 0.5) is 8.78 Å². The fourth-order valence-corrected chi connectivity index (χ4v) is 3.62. The Kier molecular flexibility index (Phi) is 11.0. The smallest absolute Gasteiger partial charge is 0.302 e. The number of hydrogen-bond acceptors (Lipinski definition) is 4. The largest absolute Gasteiger partial charge is 0.441 e. The van der Waals surface area contributed by atoms with Crippen molar-refractivity contribution in [3.63, 3.8) is 0 Å². The number of ether oxygens (including phenoxy) is 3. The molecule has 8 heteroatoms. The minimum atomic E-state index is -1.36. The first-order chi connectivity index (χ1) is 16.9. The van der Waals surface area contributed by atoms with Crippen LogP contribution < -0.4 is 9.47 Å². The molecule has 0 bridgehead atoms. The number of amides is 1. The molecule has 2 aliphatic rings. The molecule has 0 saturated carbocycles. The van der Waals surface area contributed by atoms with E-state index in [-0.39, 0.29) is 17.6 Å². The summed E-state index contributed by atoms with van der Waals surface area (Å²) in [6.45, 7) is 11.6. The molecule has 0 spiro atoms. The van der Waals surface area contributed by atoms with E-state index in [0.29, 0.717) is 61.7 Å². The fraction of sp³-hybridized carbons (Fsp3) is 0.296. The number of allylic oxidation sites excluding steroid dienone is 3. The predicted molar refractivity (Wildman–Crippen MR) is 134 cm³/mol. The maximum absolute atomic E-state index is 13.4. The van der Waals surface area contributed by atoms with Gasteiger partial charge in [0.15, 0.2) is 11.5 Å². The summed E-state index contributed by atoms with van der Waals surface area (Å²) in [6, 6.07) is 10.8. The van der Waals surface area contributed by atoms with Gasteiger partial charge in [0.25, 0.3) is 5.91 Å². The molecule has 1 unspecified atom stereocenters. The third-order valence-corrected chi connectivity index (χ3v) is 5.50. The molecule has 2 aliphatic heterocycles. The Labute approximate surface area is 210 Å². The number of carbonyl (C=O) groups is 1. The summed E-state index contributed by atoms with van der Waals surface area (Å²) in [4.78, 5) is 14.5. The van der Waals surface area contributed by atoms with Gasteiger partial charge in [-0.2, -0.15) is 0 Å². The molecule has 1 fully saturated rings. The standard InChI is InChI=1S/C21H19ClFNO4.C5H8.CH3F/c1-14(13-22)21(16-3-5-17(23)6-4-16)27-18-7-2-15(12-19(18)28-21)20(25)24-8-10-26-11-9-24;1-3-5-4-2;1-2/h2-7,12H,1,8-11,13H2;3-5H,1H2,2H3;1H3/b;5-4-;. The Hall–Kier alpha value is -3.16. The van der Waals surface area contributed by atoms with E-state index in [1.165, 1.54) is 12.1 Å². The van der Waals surface area contributed by atoms with Crippen LogP contribution in [-0.4, -0.2) is 50.2 Å². The molecular weight excluding hydrogens is 476 g/mol. The second-order valence-corrected chi connectivity index (χ2v) is 7.66. The number of morpholine rings is 1. The van der Waals surface area contributed by atoms with Crippen molar-refractivity contribution in [3.8, 4) is 11.5 Å². The van der Waals surface area contributed by atoms with Gasteiger partial charge in [0.2, 0.25) is 0 Å². The summed E-state index contributed by atoms with van der Waals surface area (Å²) in [6.07, 6.45) is 5.58. The third kappa shape index (κ3) is 6.71. The fourth-order valence-electron chi connectivity index (χ4n) is 3.44. The summed E-state index contributed by atoms with van der Waals surface area (Å²) < 4.78 is 40.4. The van der Waals surface area contributed by atoms with Gasteiger partial charge in [-0.3, -0.25) is 9.18 Å². The molecule has 0 radical (unpaired) electrons. The average Bonchev–Trinajstić information content (AvgIpc) is 3.30. The molecule has 0 aromatic heterocycles. The molecule has 1 saturated heterocycles. The first kappa shape index (κ1) is 28.1. The number of fused-ring (bicyclic) bond motifs is 1. The first-order valence-corrected chi connectivity index (χ1v) is 11.5. The van der Waals surface area contributed by atoms with Crippen LogP contribution in [0.1, 0.15) is 22.8 Å². The van der Waals surface area contributed by atoms with Crippen molar-refractivity contribution < 1.29 is 27.8 Å². The number of hydrogen-bond donors (Lipinski definition) is 0. The number of halogens is 3. The number of carbonyl (C=O) groups excluding carboxylic acids is 1. The molecule has 2 aromatic rings. The van der Waals surface area contributed by atoms with Crippen molar-refractivity contribution in [1.82, 2.24) is 4.90 Å². The van der Waals surface area contributed by atoms with Gasteiger partial charge in [0, 0.05) is 29.8 Å². The van der Waals surface area contributed by atoms with Crippen LogP contribution in [0, 0.1) is 5.82 Å². The van der Waals surface area contributed by atoms with E-state index in [2.05, 4.69) is 13.2 Å². The van der Waals surface area contributed by atoms with Crippen molar-refractivity contribution in [2.75, 3.05) is 39.4 Å². The molecule has 4 rings (SSSR count). The van der Waals surface area contributed by atoms with Crippen LogP contribution in [0.3, 0.4) is 0 Å². The molecule has 188 valence electrons. The Morgan fingerprint density at radius 3 is 2.29 bits per heavy atom. The quantitative estimate of drug-likeness (QED) is 0.282. The Balaban J connectivity index is 0.000000551. The minimum Gasteiger partial charge on any atom is -0.441 e. The van der Waals surface area contributed by atoms with E-state index < -0.39 is 5.79 Å². The molecule has 0 N–H and O–H groups in total. The highest BCUT2D eigenvalue weighted by Crippen LogP contribution is 2.48. The van der Waals surface area contributed by atoms with Gasteiger partial charge in [-0.05, 0) is 49.4 Å². The van der Waals surface area contributed by atoms with E-state index in [0.717, 1.165) is 0 Å². The third-order valence-electron chi connectivity index (χ3n) is 5.18. The summed E-state index contributed by atoms with van der Waals surface area (Å²) >= 11 is 6.02. The van der Waals surface area contributed by atoms with Gasteiger partial charge in [0.1, 0.15) is 5.82 Å². The lowest BCUT2D eigenvalue weighted by Crippen LogP contribution is -2.40. The second-order valence-electron chi connectivity index (χ2n) is 7.39. The van der Waals surface area contributed by atoms with Gasteiger partial charge < -0.3 is 19.1 Å². The summed E-state index contributed by atoms with van der Waals surface area (Å²) in [5.41, 5.74) is 1.53. The van der Waals surface area contributed by atoms with Gasteiger partial charge >= 0.3 is 5.79 Å². The summed E-state index contributed by atoms with van der Waals surface area (Å²) in [5, 5.41) is 0. The SMILES string of the molecule is C=C(CCl)C1(c2ccc(F)cc2)Oc2ccc(C(=O)N3CCOCC3)cc2O1.C=C/C=C\C.CF. The molecular formula is C27H30ClF2NO4. The molecule has 35 heavy (non-hydrogen) atoms. The van der Waals surface area contributed by atoms with Gasteiger partial charge in [0.05, 0.1) is 26.3 Å². The number of rotatable bonds is 5. The summed E-state index contributed by atoms with van der Waals surface area (Å²) in [5.74, 6) is -0.859. The maximum atomic E-state index is 13.4. The van der Waals surface area contributed by atoms with E-state index in [9.17, 15) is 13.6 Å². The van der Waals surface area contributed by atoms with E-state index in [4.69, 9.17) is 25.8 Å². The lowest BCUT2D eigenvalue weighted by molar-refractivity contribution is -0.0490. The Bertz CT molecular complexity index is 1040. The lowest BCUT2D eigenvalue weighted by atomic mass is 9.99. The molecule has 5 nitrogen and oxygen atoms in total. The van der Waals surface area contributed by atoms with E-state index in [1.807, 2.05) is 19.1 Å². The van der Waals surface area contributed by atoms with Crippen molar-refractivity contribution in [3.05, 3.63) is 96.4 Å². The number of benzene rings is 2. The zero-order valence-corrected chi connectivity index (χ0v) is 20.7. The topological polar surface area (TPSA) is 48.0 Å². The maximum Gasteiger partial charge on any atom is 0.302 e. The number of nitrogens with zero attached hydrogens (tertiary/aromatic N) is 1. The zero-order valence-electron chi connectivity index (χ0n) is 19.9. The van der Waals surface area contributed by atoms with Crippen molar-refractivity contribution in [2.24, 2.45) is 0 Å². The summed E-state index contributed by atoms with van der Waals surface area (Å²) in [7, 11) is 0.500. The molecule has 1 atom stereocenters. The van der Waals surface area contributed by atoms with E-state index >= 15 is 0 Å². The van der Waals surface area contributed by atoms with Crippen LogP contribution in [-0.2, 0) is 10.5 Å². The van der Waals surface area contributed by atoms with E-state index in [1.54, 1.807) is 41.3 Å². The van der Waals surface area contributed by atoms with Crippen LogP contribution in [0.25, 0.3) is 0 Å². The van der Waals surface area contributed by atoms with Crippen LogP contribution in [0.5, 0.6) is 11.5 Å². The lowest BCUT2D eigenvalue weighted by Gasteiger charge is -2.29. The predicted octanol–water partition coefficient (Wildman–Crippen LogP) is 6.05. The molecule has 0 aliphatic carbocycles. The Morgan fingerprint density at radius 1 is 1.11 bits per heavy atom. The molecule has 2 heterocycles. The highest BCUT2D eigenvalue weighted by molar-refractivity contribution is 6.19. The second kappa shape index (κ2) is 13.7. The normalized spacial score (nSPS) is 18.1. The van der Waals surface area contributed by atoms with Crippen LogP contribution in [0.2, 0.25) is 0 Å². The minimum absolute atomic E-state index is 0.0882. The molecule has 2 aromatic carbocycles. The zero-order chi connectivity index (χ0) is 25.8. The number of alkyl halides is 2. The van der Waals surface area contributed by atoms with Gasteiger partial charge in [-0.1, -0.05) is 31.4 Å². The van der Waals surface area contributed by atoms with Crippen LogP contribution >= 0.6 is 11.6 Å². The Morgan fingerprint density at radius 2 is 1.74 bits per heavy atom. The highest BCUT2D eigenvalue weighted by atomic mass is 35.5. The highest BCUT2D eigenvalue weighted by Gasteiger charge is 2.46. The van der Waals surface area contributed by atoms with Crippen molar-refractivity contribution >= 4 is 17.5 Å². The van der Waals surface area contributed by atoms with Gasteiger partial charge in [-0.25, -0.2) is 4.39 Å². The van der Waals surface area contributed by atoms with Crippen molar-refractivity contribution in [2.45, 2.75) is 12.7 Å². The molecule has 1 amide bonds. The van der Waals surface area contributed by atoms with Crippen LogP contribution in [0.15, 0.2) is 79.4 Å². The van der Waals surface area contributed by atoms with Crippen molar-refractivity contribution in [1.29, 1.82) is 0 Å². The van der Waals surface area contributed by atoms with Gasteiger partial charge in [-0.15, -0.1) is 11.6 Å². The first-order valence-electron chi connectivity index (χ1n) is 11.0.